The molecule has 0 saturated heterocycles. The molecule has 2 aromatic heterocycles. The Balaban J connectivity index is 1.91. The quantitative estimate of drug-likeness (QED) is 0.665. The fourth-order valence-electron chi connectivity index (χ4n) is 2.55. The number of hydrogen-bond acceptors (Lipinski definition) is 6. The third kappa shape index (κ3) is 5.21. The molecule has 6 nitrogen and oxygen atoms in total. The predicted molar refractivity (Wildman–Crippen MR) is 107 cm³/mol. The number of likely N-dealkylation sites (N-methyl/N-ethyl adjacent to an activating group) is 1. The largest absolute Gasteiger partial charge is 0.353 e. The molecule has 0 bridgehead atoms. The lowest BCUT2D eigenvalue weighted by Crippen LogP contribution is -2.21. The summed E-state index contributed by atoms with van der Waals surface area (Å²) in [5.74, 6) is 0.897. The van der Waals surface area contributed by atoms with Gasteiger partial charge in [-0.15, -0.1) is 0 Å². The van der Waals surface area contributed by atoms with E-state index < -0.39 is 0 Å². The van der Waals surface area contributed by atoms with Gasteiger partial charge in [0.2, 0.25) is 5.95 Å². The van der Waals surface area contributed by atoms with Crippen LogP contribution in [0.3, 0.4) is 0 Å². The van der Waals surface area contributed by atoms with Crippen molar-refractivity contribution in [2.75, 3.05) is 37.8 Å². The van der Waals surface area contributed by atoms with Crippen LogP contribution < -0.4 is 10.6 Å². The summed E-state index contributed by atoms with van der Waals surface area (Å²) in [5.41, 5.74) is 3.26. The van der Waals surface area contributed by atoms with Gasteiger partial charge in [0.15, 0.2) is 0 Å². The van der Waals surface area contributed by atoms with Crippen molar-refractivity contribution >= 4 is 17.5 Å². The fourth-order valence-corrected chi connectivity index (χ4v) is 2.55. The maximum Gasteiger partial charge on any atom is 0.225 e. The van der Waals surface area contributed by atoms with Crippen LogP contribution in [0.2, 0.25) is 0 Å². The topological polar surface area (TPSA) is 66.0 Å². The normalized spacial score (nSPS) is 10.9. The summed E-state index contributed by atoms with van der Waals surface area (Å²) >= 11 is 0. The van der Waals surface area contributed by atoms with Gasteiger partial charge in [-0.3, -0.25) is 4.98 Å². The molecule has 0 spiro atoms. The van der Waals surface area contributed by atoms with E-state index in [-0.39, 0.29) is 5.82 Å². The van der Waals surface area contributed by atoms with Gasteiger partial charge in [0.1, 0.15) is 11.6 Å². The van der Waals surface area contributed by atoms with Crippen LogP contribution >= 0.6 is 0 Å². The van der Waals surface area contributed by atoms with E-state index in [2.05, 4.69) is 30.5 Å². The van der Waals surface area contributed by atoms with Crippen molar-refractivity contribution < 1.29 is 4.39 Å². The van der Waals surface area contributed by atoms with Crippen molar-refractivity contribution in [2.45, 2.75) is 6.92 Å². The Kier molecular flexibility index (Phi) is 5.93. The minimum atomic E-state index is -0.261. The number of nitrogens with one attached hydrogen (secondary N) is 2. The minimum Gasteiger partial charge on any atom is -0.353 e. The molecule has 3 aromatic rings. The van der Waals surface area contributed by atoms with Crippen molar-refractivity contribution in [3.8, 4) is 11.3 Å². The summed E-state index contributed by atoms with van der Waals surface area (Å²) in [6.07, 6.45) is 3.49. The van der Waals surface area contributed by atoms with E-state index in [1.165, 1.54) is 12.1 Å². The molecule has 140 valence electrons. The van der Waals surface area contributed by atoms with Crippen molar-refractivity contribution in [1.29, 1.82) is 0 Å². The number of aryl methyl sites for hydroxylation is 1. The molecular weight excluding hydrogens is 343 g/mol. The average Bonchev–Trinajstić information content (AvgIpc) is 2.64. The number of pyridine rings is 1. The van der Waals surface area contributed by atoms with Crippen molar-refractivity contribution in [3.05, 3.63) is 60.2 Å². The number of aromatic nitrogens is 3. The van der Waals surface area contributed by atoms with Gasteiger partial charge in [-0.2, -0.15) is 4.98 Å². The molecule has 0 aliphatic rings. The molecule has 1 aromatic carbocycles. The maximum atomic E-state index is 13.4. The molecule has 0 unspecified atom stereocenters. The highest BCUT2D eigenvalue weighted by Gasteiger charge is 2.09. The number of hydrogen-bond donors (Lipinski definition) is 2. The molecule has 0 saturated carbocycles. The molecule has 2 heterocycles. The van der Waals surface area contributed by atoms with Gasteiger partial charge in [-0.1, -0.05) is 0 Å². The van der Waals surface area contributed by atoms with Crippen molar-refractivity contribution in [2.24, 2.45) is 0 Å². The van der Waals surface area contributed by atoms with Crippen LogP contribution in [0, 0.1) is 12.7 Å². The Morgan fingerprint density at radius 1 is 1.11 bits per heavy atom. The highest BCUT2D eigenvalue weighted by atomic mass is 19.1. The van der Waals surface area contributed by atoms with Gasteiger partial charge < -0.3 is 15.5 Å². The van der Waals surface area contributed by atoms with E-state index in [0.717, 1.165) is 35.6 Å². The van der Waals surface area contributed by atoms with Crippen LogP contribution in [0.15, 0.2) is 48.8 Å². The summed E-state index contributed by atoms with van der Waals surface area (Å²) in [7, 11) is 4.03. The van der Waals surface area contributed by atoms with Crippen molar-refractivity contribution in [3.63, 3.8) is 0 Å². The predicted octanol–water partition coefficient (Wildman–Crippen LogP) is 3.70. The van der Waals surface area contributed by atoms with E-state index in [9.17, 15) is 4.39 Å². The van der Waals surface area contributed by atoms with Crippen LogP contribution in [0.1, 0.15) is 5.56 Å². The zero-order valence-corrected chi connectivity index (χ0v) is 15.7. The van der Waals surface area contributed by atoms with Crippen LogP contribution in [0.25, 0.3) is 11.3 Å². The van der Waals surface area contributed by atoms with Gasteiger partial charge in [0, 0.05) is 42.8 Å². The molecule has 0 atom stereocenters. The van der Waals surface area contributed by atoms with Gasteiger partial charge in [0.25, 0.3) is 0 Å². The molecule has 0 aliphatic heterocycles. The lowest BCUT2D eigenvalue weighted by Gasteiger charge is -2.14. The Morgan fingerprint density at radius 2 is 1.96 bits per heavy atom. The Labute approximate surface area is 158 Å². The average molecular weight is 366 g/mol. The summed E-state index contributed by atoms with van der Waals surface area (Å²) in [6.45, 7) is 3.43. The van der Waals surface area contributed by atoms with E-state index in [4.69, 9.17) is 0 Å². The first-order valence-corrected chi connectivity index (χ1v) is 8.72. The number of rotatable bonds is 7. The number of nitrogens with zero attached hydrogens (tertiary/aromatic N) is 4. The van der Waals surface area contributed by atoms with Crippen LogP contribution in [-0.4, -0.2) is 47.0 Å². The zero-order valence-electron chi connectivity index (χ0n) is 15.7. The molecule has 2 N–H and O–H groups in total. The van der Waals surface area contributed by atoms with Crippen LogP contribution in [-0.2, 0) is 0 Å². The number of anilines is 3. The first-order valence-electron chi connectivity index (χ1n) is 8.72. The van der Waals surface area contributed by atoms with Gasteiger partial charge in [0.05, 0.1) is 5.69 Å². The Morgan fingerprint density at radius 3 is 2.67 bits per heavy atom. The third-order valence-electron chi connectivity index (χ3n) is 3.98. The first kappa shape index (κ1) is 18.7. The van der Waals surface area contributed by atoms with E-state index in [1.54, 1.807) is 18.5 Å². The fraction of sp³-hybridized carbons (Fsp3) is 0.250. The number of benzene rings is 1. The first-order chi connectivity index (χ1) is 13.0. The highest BCUT2D eigenvalue weighted by molar-refractivity contribution is 5.68. The maximum absolute atomic E-state index is 13.4. The van der Waals surface area contributed by atoms with E-state index in [1.807, 2.05) is 39.2 Å². The van der Waals surface area contributed by atoms with Crippen LogP contribution in [0.5, 0.6) is 0 Å². The highest BCUT2D eigenvalue weighted by Crippen LogP contribution is 2.25. The van der Waals surface area contributed by atoms with Gasteiger partial charge in [-0.25, -0.2) is 9.37 Å². The molecule has 27 heavy (non-hydrogen) atoms. The lowest BCUT2D eigenvalue weighted by atomic mass is 10.2. The monoisotopic (exact) mass is 366 g/mol. The second kappa shape index (κ2) is 8.55. The lowest BCUT2D eigenvalue weighted by molar-refractivity contribution is 0.425. The van der Waals surface area contributed by atoms with E-state index in [0.29, 0.717) is 11.8 Å². The smallest absolute Gasteiger partial charge is 0.225 e. The third-order valence-corrected chi connectivity index (χ3v) is 3.98. The van der Waals surface area contributed by atoms with Crippen LogP contribution in [0.4, 0.5) is 21.8 Å². The van der Waals surface area contributed by atoms with Gasteiger partial charge >= 0.3 is 0 Å². The molecule has 0 aliphatic carbocycles. The molecule has 0 fully saturated rings. The molecule has 3 rings (SSSR count). The summed E-state index contributed by atoms with van der Waals surface area (Å²) in [5, 5.41) is 6.51. The molecular formula is C20H23FN6. The molecule has 0 radical (unpaired) electrons. The standard InChI is InChI=1S/C20H23FN6/c1-14-11-16(21)6-7-17(14)24-19-12-18(15-5-4-8-22-13-15)25-20(26-19)23-9-10-27(2)3/h4-8,11-13H,9-10H2,1-3H3,(H2,23,24,25,26). The second-order valence-electron chi connectivity index (χ2n) is 6.52. The summed E-state index contributed by atoms with van der Waals surface area (Å²) < 4.78 is 13.4. The summed E-state index contributed by atoms with van der Waals surface area (Å²) in [6, 6.07) is 10.3. The molecule has 0 amide bonds. The van der Waals surface area contributed by atoms with Gasteiger partial charge in [-0.05, 0) is 56.9 Å². The van der Waals surface area contributed by atoms with E-state index >= 15 is 0 Å². The zero-order chi connectivity index (χ0) is 19.2. The second-order valence-corrected chi connectivity index (χ2v) is 6.52. The minimum absolute atomic E-state index is 0.261. The summed E-state index contributed by atoms with van der Waals surface area (Å²) in [4.78, 5) is 15.4. The van der Waals surface area contributed by atoms with Crippen molar-refractivity contribution in [1.82, 2.24) is 19.9 Å². The Bertz CT molecular complexity index is 898. The molecule has 7 heteroatoms. The number of halogens is 1. The SMILES string of the molecule is Cc1cc(F)ccc1Nc1cc(-c2cccnc2)nc(NCCN(C)C)n1. The Hall–Kier alpha value is -3.06.